The van der Waals surface area contributed by atoms with Gasteiger partial charge in [-0.05, 0) is 44.2 Å². The van der Waals surface area contributed by atoms with E-state index in [1.54, 1.807) is 0 Å². The molecular formula is C25H30N6O. The standard InChI is InChI=1S/C25H30N6O/c1-3-32-24-13-19(7-8-20(24)26)28-25-23-9-4-16(2)10-11-31(23)15-22(29-25)17-5-6-18-14-27-30-21(18)12-17/h5-6,9-16,20,24H,3-4,7-8,26H2,1-2H3,(H,27,30)(H,28,29). The molecule has 5 rings (SSSR count). The molecule has 2 aromatic rings. The van der Waals surface area contributed by atoms with Crippen molar-refractivity contribution in [3.8, 4) is 0 Å². The molecule has 0 spiro atoms. The first-order valence-electron chi connectivity index (χ1n) is 11.4. The van der Waals surface area contributed by atoms with Gasteiger partial charge in [0.05, 0.1) is 29.2 Å². The lowest BCUT2D eigenvalue weighted by Gasteiger charge is -2.31. The Hall–Kier alpha value is -3.16. The van der Waals surface area contributed by atoms with Gasteiger partial charge in [-0.25, -0.2) is 4.99 Å². The summed E-state index contributed by atoms with van der Waals surface area (Å²) in [6, 6.07) is 6.29. The Balaban J connectivity index is 1.51. The lowest BCUT2D eigenvalue weighted by atomic mass is 9.97. The first kappa shape index (κ1) is 20.7. The fourth-order valence-electron chi connectivity index (χ4n) is 4.31. The second-order valence-electron chi connectivity index (χ2n) is 8.64. The highest BCUT2D eigenvalue weighted by Crippen LogP contribution is 2.30. The first-order chi connectivity index (χ1) is 15.6. The van der Waals surface area contributed by atoms with Gasteiger partial charge in [-0.15, -0.1) is 0 Å². The monoisotopic (exact) mass is 430 g/mol. The molecule has 0 saturated carbocycles. The zero-order valence-electron chi connectivity index (χ0n) is 18.6. The molecular weight excluding hydrogens is 400 g/mol. The Kier molecular flexibility index (Phi) is 5.68. The number of allylic oxidation sites excluding steroid dienone is 3. The van der Waals surface area contributed by atoms with Crippen LogP contribution in [-0.2, 0) is 4.74 Å². The summed E-state index contributed by atoms with van der Waals surface area (Å²) in [5.74, 6) is 1.32. The predicted molar refractivity (Wildman–Crippen MR) is 128 cm³/mol. The average Bonchev–Trinajstić information content (AvgIpc) is 3.18. The number of amidine groups is 1. The van der Waals surface area contributed by atoms with Crippen molar-refractivity contribution in [3.63, 3.8) is 0 Å². The van der Waals surface area contributed by atoms with Crippen LogP contribution in [0.5, 0.6) is 0 Å². The Labute approximate surface area is 188 Å². The average molecular weight is 431 g/mol. The molecule has 0 radical (unpaired) electrons. The minimum absolute atomic E-state index is 0.0303. The fourth-order valence-corrected chi connectivity index (χ4v) is 4.31. The van der Waals surface area contributed by atoms with Crippen molar-refractivity contribution in [2.24, 2.45) is 16.6 Å². The Morgan fingerprint density at radius 3 is 3.12 bits per heavy atom. The third-order valence-electron chi connectivity index (χ3n) is 6.18. The molecule has 166 valence electrons. The second kappa shape index (κ2) is 8.76. The Morgan fingerprint density at radius 2 is 2.25 bits per heavy atom. The molecule has 1 aromatic heterocycles. The molecule has 4 N–H and O–H groups in total. The summed E-state index contributed by atoms with van der Waals surface area (Å²) in [7, 11) is 0. The van der Waals surface area contributed by atoms with Gasteiger partial charge >= 0.3 is 0 Å². The van der Waals surface area contributed by atoms with Crippen molar-refractivity contribution < 1.29 is 4.74 Å². The number of hydrogen-bond donors (Lipinski definition) is 3. The summed E-state index contributed by atoms with van der Waals surface area (Å²) in [6.45, 7) is 4.88. The number of aromatic amines is 1. The van der Waals surface area contributed by atoms with Gasteiger partial charge in [0.2, 0.25) is 0 Å². The summed E-state index contributed by atoms with van der Waals surface area (Å²) >= 11 is 0. The van der Waals surface area contributed by atoms with E-state index in [4.69, 9.17) is 15.5 Å². The van der Waals surface area contributed by atoms with Crippen LogP contribution < -0.4 is 11.1 Å². The SMILES string of the molecule is CCOC1C=C(NC2=NC(c3ccc4cn[nH]c4c3)=CN3C=CC(C)CC=C23)CCC1N. The highest BCUT2D eigenvalue weighted by molar-refractivity contribution is 6.04. The van der Waals surface area contributed by atoms with Crippen LogP contribution in [-0.4, -0.2) is 39.7 Å². The molecule has 1 aliphatic carbocycles. The van der Waals surface area contributed by atoms with Crippen LogP contribution in [0, 0.1) is 5.92 Å². The van der Waals surface area contributed by atoms with Gasteiger partial charge in [0.25, 0.3) is 0 Å². The van der Waals surface area contributed by atoms with E-state index in [1.807, 2.05) is 13.1 Å². The lowest BCUT2D eigenvalue weighted by Crippen LogP contribution is -2.41. The summed E-state index contributed by atoms with van der Waals surface area (Å²) in [4.78, 5) is 7.22. The largest absolute Gasteiger partial charge is 0.373 e. The van der Waals surface area contributed by atoms with Crippen molar-refractivity contribution in [2.45, 2.75) is 45.3 Å². The molecule has 3 atom stereocenters. The molecule has 32 heavy (non-hydrogen) atoms. The van der Waals surface area contributed by atoms with Gasteiger partial charge in [-0.2, -0.15) is 5.10 Å². The van der Waals surface area contributed by atoms with E-state index in [0.717, 1.165) is 58.7 Å². The molecule has 3 heterocycles. The van der Waals surface area contributed by atoms with Crippen molar-refractivity contribution in [3.05, 3.63) is 72.0 Å². The van der Waals surface area contributed by atoms with E-state index < -0.39 is 0 Å². The number of H-pyrrole nitrogens is 1. The fraction of sp³-hybridized carbons (Fsp3) is 0.360. The molecule has 3 aliphatic rings. The number of ether oxygens (including phenoxy) is 1. The van der Waals surface area contributed by atoms with Crippen LogP contribution in [0.25, 0.3) is 16.6 Å². The maximum atomic E-state index is 6.26. The molecule has 3 unspecified atom stereocenters. The third-order valence-corrected chi connectivity index (χ3v) is 6.18. The number of fused-ring (bicyclic) bond motifs is 2. The first-order valence-corrected chi connectivity index (χ1v) is 11.4. The number of benzene rings is 1. The van der Waals surface area contributed by atoms with Crippen LogP contribution in [0.1, 0.15) is 38.7 Å². The minimum Gasteiger partial charge on any atom is -0.373 e. The van der Waals surface area contributed by atoms with E-state index in [0.29, 0.717) is 12.5 Å². The topological polar surface area (TPSA) is 91.6 Å². The van der Waals surface area contributed by atoms with Gasteiger partial charge in [0.15, 0.2) is 5.84 Å². The number of rotatable bonds is 4. The molecule has 0 saturated heterocycles. The van der Waals surface area contributed by atoms with Crippen molar-refractivity contribution >= 4 is 22.4 Å². The van der Waals surface area contributed by atoms with Crippen LogP contribution in [0.2, 0.25) is 0 Å². The normalized spacial score (nSPS) is 25.5. The quantitative estimate of drug-likeness (QED) is 0.682. The smallest absolute Gasteiger partial charge is 0.154 e. The number of nitrogens with zero attached hydrogens (tertiary/aromatic N) is 3. The molecule has 1 aromatic carbocycles. The second-order valence-corrected chi connectivity index (χ2v) is 8.64. The number of hydrogen-bond acceptors (Lipinski definition) is 6. The lowest BCUT2D eigenvalue weighted by molar-refractivity contribution is 0.0707. The van der Waals surface area contributed by atoms with Crippen LogP contribution >= 0.6 is 0 Å². The summed E-state index contributed by atoms with van der Waals surface area (Å²) < 4.78 is 5.84. The van der Waals surface area contributed by atoms with E-state index in [1.165, 1.54) is 0 Å². The predicted octanol–water partition coefficient (Wildman–Crippen LogP) is 4.01. The number of aliphatic imine (C=N–C) groups is 1. The van der Waals surface area contributed by atoms with Gasteiger partial charge in [0, 0.05) is 41.7 Å². The number of nitrogens with two attached hydrogens (primary N) is 1. The van der Waals surface area contributed by atoms with E-state index >= 15 is 0 Å². The maximum absolute atomic E-state index is 6.26. The summed E-state index contributed by atoms with van der Waals surface area (Å²) in [5, 5.41) is 11.9. The highest BCUT2D eigenvalue weighted by atomic mass is 16.5. The van der Waals surface area contributed by atoms with Crippen molar-refractivity contribution in [1.29, 1.82) is 0 Å². The molecule has 0 amide bonds. The number of nitrogens with one attached hydrogen (secondary N) is 2. The Morgan fingerprint density at radius 1 is 1.34 bits per heavy atom. The van der Waals surface area contributed by atoms with Crippen molar-refractivity contribution in [1.82, 2.24) is 20.4 Å². The molecule has 0 bridgehead atoms. The summed E-state index contributed by atoms with van der Waals surface area (Å²) in [6.07, 6.45) is 15.3. The van der Waals surface area contributed by atoms with Gasteiger partial charge in [-0.1, -0.05) is 31.2 Å². The van der Waals surface area contributed by atoms with Crippen LogP contribution in [0.15, 0.2) is 71.4 Å². The maximum Gasteiger partial charge on any atom is 0.154 e. The van der Waals surface area contributed by atoms with Crippen LogP contribution in [0.3, 0.4) is 0 Å². The van der Waals surface area contributed by atoms with Crippen LogP contribution in [0.4, 0.5) is 0 Å². The molecule has 7 nitrogen and oxygen atoms in total. The third kappa shape index (κ3) is 4.13. The highest BCUT2D eigenvalue weighted by Gasteiger charge is 2.26. The van der Waals surface area contributed by atoms with Gasteiger partial charge in [-0.3, -0.25) is 5.10 Å². The zero-order chi connectivity index (χ0) is 22.1. The molecule has 2 aliphatic heterocycles. The Bertz CT molecular complexity index is 1150. The van der Waals surface area contributed by atoms with Gasteiger partial charge in [0.1, 0.15) is 0 Å². The molecule has 0 fully saturated rings. The van der Waals surface area contributed by atoms with E-state index in [2.05, 4.69) is 76.2 Å². The summed E-state index contributed by atoms with van der Waals surface area (Å²) in [5.41, 5.74) is 11.4. The van der Waals surface area contributed by atoms with Gasteiger partial charge < -0.3 is 20.7 Å². The van der Waals surface area contributed by atoms with Crippen molar-refractivity contribution in [2.75, 3.05) is 6.61 Å². The zero-order valence-corrected chi connectivity index (χ0v) is 18.6. The van der Waals surface area contributed by atoms with E-state index in [9.17, 15) is 0 Å². The minimum atomic E-state index is -0.0719. The molecule has 7 heteroatoms. The van der Waals surface area contributed by atoms with E-state index in [-0.39, 0.29) is 12.1 Å². The number of aromatic nitrogens is 2.